The van der Waals surface area contributed by atoms with Crippen LogP contribution in [-0.4, -0.2) is 11.9 Å². The van der Waals surface area contributed by atoms with Crippen molar-refractivity contribution in [3.63, 3.8) is 0 Å². The maximum atomic E-state index is 12.5. The summed E-state index contributed by atoms with van der Waals surface area (Å²) in [6.45, 7) is 3.12. The maximum Gasteiger partial charge on any atom is 0.416 e. The van der Waals surface area contributed by atoms with Crippen molar-refractivity contribution in [3.05, 3.63) is 35.4 Å². The molecule has 0 aliphatic rings. The van der Waals surface area contributed by atoms with Crippen LogP contribution in [0.25, 0.3) is 0 Å². The van der Waals surface area contributed by atoms with E-state index in [1.165, 1.54) is 19.1 Å². The van der Waals surface area contributed by atoms with Gasteiger partial charge in [-0.05, 0) is 31.5 Å². The highest BCUT2D eigenvalue weighted by molar-refractivity contribution is 5.85. The Labute approximate surface area is 115 Å². The van der Waals surface area contributed by atoms with Crippen LogP contribution < -0.4 is 11.1 Å². The van der Waals surface area contributed by atoms with Crippen molar-refractivity contribution in [1.82, 2.24) is 5.32 Å². The smallest absolute Gasteiger partial charge is 0.348 e. The number of hydrogen-bond donors (Lipinski definition) is 2. The second-order valence-corrected chi connectivity index (χ2v) is 4.14. The molecule has 1 rings (SSSR count). The van der Waals surface area contributed by atoms with Crippen LogP contribution in [0, 0.1) is 0 Å². The Balaban J connectivity index is 0.00000324. The van der Waals surface area contributed by atoms with Crippen LogP contribution >= 0.6 is 12.4 Å². The van der Waals surface area contributed by atoms with E-state index in [1.807, 2.05) is 0 Å². The number of carbonyl (C=O) groups excluding carboxylic acids is 1. The summed E-state index contributed by atoms with van der Waals surface area (Å²) in [5, 5.41) is 2.54. The second kappa shape index (κ2) is 6.77. The molecule has 0 saturated heterocycles. The van der Waals surface area contributed by atoms with Gasteiger partial charge in [0.15, 0.2) is 0 Å². The molecular weight excluding hydrogens is 281 g/mol. The van der Waals surface area contributed by atoms with Crippen LogP contribution in [0.5, 0.6) is 0 Å². The van der Waals surface area contributed by atoms with E-state index in [2.05, 4.69) is 5.32 Å². The first-order chi connectivity index (χ1) is 8.21. The summed E-state index contributed by atoms with van der Waals surface area (Å²) in [5.74, 6) is -0.403. The highest BCUT2D eigenvalue weighted by Crippen LogP contribution is 2.30. The zero-order valence-corrected chi connectivity index (χ0v) is 11.3. The van der Waals surface area contributed by atoms with Crippen molar-refractivity contribution >= 4 is 18.3 Å². The Morgan fingerprint density at radius 2 is 1.89 bits per heavy atom. The zero-order chi connectivity index (χ0) is 13.9. The molecule has 108 valence electrons. The van der Waals surface area contributed by atoms with Gasteiger partial charge < -0.3 is 11.1 Å². The number of alkyl halides is 3. The number of amides is 1. The van der Waals surface area contributed by atoms with Crippen molar-refractivity contribution in [2.45, 2.75) is 32.1 Å². The summed E-state index contributed by atoms with van der Waals surface area (Å²) in [7, 11) is 0. The van der Waals surface area contributed by atoms with Gasteiger partial charge in [-0.1, -0.05) is 12.1 Å². The van der Waals surface area contributed by atoms with Gasteiger partial charge in [-0.25, -0.2) is 0 Å². The monoisotopic (exact) mass is 296 g/mol. The van der Waals surface area contributed by atoms with Gasteiger partial charge in [-0.2, -0.15) is 13.2 Å². The van der Waals surface area contributed by atoms with E-state index in [-0.39, 0.29) is 12.4 Å². The van der Waals surface area contributed by atoms with E-state index < -0.39 is 29.7 Å². The molecule has 1 unspecified atom stereocenters. The number of rotatable bonds is 3. The first-order valence-corrected chi connectivity index (χ1v) is 5.45. The van der Waals surface area contributed by atoms with E-state index in [4.69, 9.17) is 5.73 Å². The highest BCUT2D eigenvalue weighted by atomic mass is 35.5. The predicted molar refractivity (Wildman–Crippen MR) is 68.9 cm³/mol. The number of nitrogens with two attached hydrogens (primary N) is 1. The van der Waals surface area contributed by atoms with Crippen LogP contribution in [0.15, 0.2) is 24.3 Å². The summed E-state index contributed by atoms with van der Waals surface area (Å²) in [6.07, 6.45) is -4.39. The molecule has 3 nitrogen and oxygen atoms in total. The molecule has 0 saturated carbocycles. The topological polar surface area (TPSA) is 55.1 Å². The Morgan fingerprint density at radius 3 is 2.37 bits per heavy atom. The molecule has 1 aromatic carbocycles. The van der Waals surface area contributed by atoms with E-state index in [0.29, 0.717) is 5.56 Å². The minimum Gasteiger partial charge on any atom is -0.348 e. The van der Waals surface area contributed by atoms with Crippen LogP contribution in [0.3, 0.4) is 0 Å². The molecule has 0 fully saturated rings. The number of carbonyl (C=O) groups is 1. The Morgan fingerprint density at radius 1 is 1.32 bits per heavy atom. The molecule has 2 atom stereocenters. The lowest BCUT2D eigenvalue weighted by Gasteiger charge is -2.17. The van der Waals surface area contributed by atoms with Gasteiger partial charge in [0.25, 0.3) is 0 Å². The fraction of sp³-hybridized carbons (Fsp3) is 0.417. The highest BCUT2D eigenvalue weighted by Gasteiger charge is 2.30. The van der Waals surface area contributed by atoms with Gasteiger partial charge in [-0.15, -0.1) is 12.4 Å². The number of hydrogen-bond acceptors (Lipinski definition) is 2. The van der Waals surface area contributed by atoms with Gasteiger partial charge in [0.05, 0.1) is 17.6 Å². The van der Waals surface area contributed by atoms with Gasteiger partial charge in [-0.3, -0.25) is 4.79 Å². The Bertz CT molecular complexity index is 435. The van der Waals surface area contributed by atoms with Gasteiger partial charge in [0, 0.05) is 0 Å². The average molecular weight is 297 g/mol. The number of halogens is 4. The largest absolute Gasteiger partial charge is 0.416 e. The van der Waals surface area contributed by atoms with Crippen molar-refractivity contribution in [1.29, 1.82) is 0 Å². The number of nitrogens with one attached hydrogen (secondary N) is 1. The van der Waals surface area contributed by atoms with Gasteiger partial charge in [0.1, 0.15) is 0 Å². The fourth-order valence-corrected chi connectivity index (χ4v) is 1.41. The van der Waals surface area contributed by atoms with E-state index in [9.17, 15) is 18.0 Å². The normalized spacial score (nSPS) is 14.2. The molecule has 7 heteroatoms. The first kappa shape index (κ1) is 17.7. The molecule has 0 aliphatic heterocycles. The maximum absolute atomic E-state index is 12.5. The van der Waals surface area contributed by atoms with Gasteiger partial charge >= 0.3 is 6.18 Å². The molecule has 19 heavy (non-hydrogen) atoms. The molecular formula is C12H16ClF3N2O. The van der Waals surface area contributed by atoms with E-state index >= 15 is 0 Å². The third-order valence-corrected chi connectivity index (χ3v) is 2.49. The molecule has 1 aromatic rings. The van der Waals surface area contributed by atoms with E-state index in [1.54, 1.807) is 6.92 Å². The third kappa shape index (κ3) is 5.08. The van der Waals surface area contributed by atoms with E-state index in [0.717, 1.165) is 12.1 Å². The summed E-state index contributed by atoms with van der Waals surface area (Å²) in [4.78, 5) is 11.4. The minimum atomic E-state index is -4.39. The average Bonchev–Trinajstić information content (AvgIpc) is 2.27. The van der Waals surface area contributed by atoms with Crippen molar-refractivity contribution in [3.8, 4) is 0 Å². The van der Waals surface area contributed by atoms with Crippen LogP contribution in [-0.2, 0) is 11.0 Å². The molecule has 0 bridgehead atoms. The van der Waals surface area contributed by atoms with Crippen LogP contribution in [0.1, 0.15) is 31.0 Å². The van der Waals surface area contributed by atoms with Crippen molar-refractivity contribution in [2.75, 3.05) is 0 Å². The molecule has 0 spiro atoms. The standard InChI is InChI=1S/C12H15F3N2O.ClH/c1-7(16)11(18)17-8(2)9-4-3-5-10(6-9)12(13,14)15;/h3-8H,16H2,1-2H3,(H,17,18);1H/t7-,8?;/m0./s1. The van der Waals surface area contributed by atoms with Crippen LogP contribution in [0.2, 0.25) is 0 Å². The molecule has 0 aliphatic carbocycles. The Hall–Kier alpha value is -1.27. The first-order valence-electron chi connectivity index (χ1n) is 5.45. The lowest BCUT2D eigenvalue weighted by Crippen LogP contribution is -2.39. The molecule has 1 amide bonds. The summed E-state index contributed by atoms with van der Waals surface area (Å²) in [6, 6.07) is 3.63. The molecule has 0 aromatic heterocycles. The van der Waals surface area contributed by atoms with Crippen LogP contribution in [0.4, 0.5) is 13.2 Å². The molecule has 0 heterocycles. The number of benzene rings is 1. The predicted octanol–water partition coefficient (Wildman–Crippen LogP) is 2.65. The third-order valence-electron chi connectivity index (χ3n) is 2.49. The fourth-order valence-electron chi connectivity index (χ4n) is 1.41. The summed E-state index contributed by atoms with van der Waals surface area (Å²) < 4.78 is 37.5. The zero-order valence-electron chi connectivity index (χ0n) is 10.5. The summed E-state index contributed by atoms with van der Waals surface area (Å²) in [5.41, 5.74) is 5.02. The molecule has 0 radical (unpaired) electrons. The molecule has 3 N–H and O–H groups in total. The lowest BCUT2D eigenvalue weighted by molar-refractivity contribution is -0.137. The SMILES string of the molecule is CC(NC(=O)[C@H](C)N)c1cccc(C(F)(F)F)c1.Cl. The minimum absolute atomic E-state index is 0. The lowest BCUT2D eigenvalue weighted by atomic mass is 10.0. The van der Waals surface area contributed by atoms with Crippen molar-refractivity contribution in [2.24, 2.45) is 5.73 Å². The second-order valence-electron chi connectivity index (χ2n) is 4.14. The Kier molecular flexibility index (Phi) is 6.32. The quantitative estimate of drug-likeness (QED) is 0.901. The van der Waals surface area contributed by atoms with Crippen molar-refractivity contribution < 1.29 is 18.0 Å². The summed E-state index contributed by atoms with van der Waals surface area (Å²) >= 11 is 0. The van der Waals surface area contributed by atoms with Gasteiger partial charge in [0.2, 0.25) is 5.91 Å².